The Morgan fingerprint density at radius 3 is 2.23 bits per heavy atom. The molecule has 0 aliphatic rings. The van der Waals surface area contributed by atoms with E-state index in [0.717, 1.165) is 47.2 Å². The zero-order valence-electron chi connectivity index (χ0n) is 27.0. The minimum atomic E-state index is 0.800. The third-order valence-corrected chi connectivity index (χ3v) is 8.63. The van der Waals surface area contributed by atoms with Gasteiger partial charge in [-0.25, -0.2) is 0 Å². The van der Waals surface area contributed by atoms with Crippen LogP contribution in [-0.4, -0.2) is 10.8 Å². The topological polar surface area (TPSA) is 28.8 Å². The minimum absolute atomic E-state index is 0.800. The van der Waals surface area contributed by atoms with Gasteiger partial charge in [0.05, 0.1) is 16.7 Å². The lowest BCUT2D eigenvalue weighted by Crippen LogP contribution is -1.97. The van der Waals surface area contributed by atoms with Crippen LogP contribution in [0.5, 0.6) is 0 Å². The molecule has 2 heteroatoms. The van der Waals surface area contributed by atoms with Gasteiger partial charge in [0.1, 0.15) is 0 Å². The van der Waals surface area contributed by atoms with Gasteiger partial charge in [0.25, 0.3) is 0 Å². The molecule has 1 heterocycles. The number of hydrogen-bond acceptors (Lipinski definition) is 1. The van der Waals surface area contributed by atoms with E-state index in [2.05, 4.69) is 152 Å². The van der Waals surface area contributed by atoms with Gasteiger partial charge in [0, 0.05) is 22.4 Å². The zero-order chi connectivity index (χ0) is 32.6. The molecule has 0 aliphatic carbocycles. The smallest absolute Gasteiger partial charge is 0.0547 e. The SMILES string of the molecule is C=C/C=C\C=C(/Cc1ccc2c3ccc(/C=C(CCC)/C(C=N)=C/C=C)cc3n(-c3cccc4ccccc34)c2c1)c1ccccc1. The molecule has 0 saturated heterocycles. The molecule has 5 aromatic carbocycles. The van der Waals surface area contributed by atoms with Crippen LogP contribution in [0.15, 0.2) is 170 Å². The highest BCUT2D eigenvalue weighted by molar-refractivity contribution is 6.11. The summed E-state index contributed by atoms with van der Waals surface area (Å²) in [4.78, 5) is 0. The lowest BCUT2D eigenvalue weighted by Gasteiger charge is -2.13. The van der Waals surface area contributed by atoms with Crippen LogP contribution >= 0.6 is 0 Å². The van der Waals surface area contributed by atoms with Gasteiger partial charge in [-0.3, -0.25) is 0 Å². The molecule has 6 rings (SSSR count). The molecule has 0 bridgehead atoms. The lowest BCUT2D eigenvalue weighted by atomic mass is 9.96. The molecule has 2 nitrogen and oxygen atoms in total. The normalized spacial score (nSPS) is 12.7. The Kier molecular flexibility index (Phi) is 9.70. The van der Waals surface area contributed by atoms with Crippen molar-refractivity contribution in [3.05, 3.63) is 187 Å². The molecular formula is C45H40N2. The van der Waals surface area contributed by atoms with Gasteiger partial charge in [-0.1, -0.05) is 160 Å². The highest BCUT2D eigenvalue weighted by Crippen LogP contribution is 2.37. The Morgan fingerprint density at radius 1 is 0.723 bits per heavy atom. The van der Waals surface area contributed by atoms with E-state index in [1.807, 2.05) is 18.2 Å². The molecule has 47 heavy (non-hydrogen) atoms. The van der Waals surface area contributed by atoms with Gasteiger partial charge < -0.3 is 9.98 Å². The summed E-state index contributed by atoms with van der Waals surface area (Å²) in [5, 5.41) is 12.9. The second kappa shape index (κ2) is 14.6. The number of benzene rings is 5. The first-order valence-corrected chi connectivity index (χ1v) is 16.3. The quantitative estimate of drug-likeness (QED) is 0.106. The molecule has 0 unspecified atom stereocenters. The number of fused-ring (bicyclic) bond motifs is 4. The van der Waals surface area contributed by atoms with Gasteiger partial charge in [0.2, 0.25) is 0 Å². The second-order valence-electron chi connectivity index (χ2n) is 11.7. The maximum absolute atomic E-state index is 8.04. The Morgan fingerprint density at radius 2 is 1.47 bits per heavy atom. The van der Waals surface area contributed by atoms with E-state index in [1.165, 1.54) is 50.0 Å². The molecule has 6 aromatic rings. The van der Waals surface area contributed by atoms with E-state index >= 15 is 0 Å². The number of nitrogens with zero attached hydrogens (tertiary/aromatic N) is 1. The fourth-order valence-corrected chi connectivity index (χ4v) is 6.47. The summed E-state index contributed by atoms with van der Waals surface area (Å²) in [6.45, 7) is 9.89. The molecule has 0 spiro atoms. The summed E-state index contributed by atoms with van der Waals surface area (Å²) in [5.41, 5.74) is 10.4. The number of aromatic nitrogens is 1. The van der Waals surface area contributed by atoms with Crippen LogP contribution in [0.4, 0.5) is 0 Å². The molecular weight excluding hydrogens is 569 g/mol. The monoisotopic (exact) mass is 608 g/mol. The van der Waals surface area contributed by atoms with E-state index < -0.39 is 0 Å². The summed E-state index contributed by atoms with van der Waals surface area (Å²) in [6, 6.07) is 39.5. The number of rotatable bonds is 12. The molecule has 1 aromatic heterocycles. The molecule has 0 radical (unpaired) electrons. The fraction of sp³-hybridized carbons (Fsp3) is 0.0889. The predicted molar refractivity (Wildman–Crippen MR) is 206 cm³/mol. The average Bonchev–Trinajstić information content (AvgIpc) is 3.42. The number of nitrogens with one attached hydrogen (secondary N) is 1. The zero-order valence-corrected chi connectivity index (χ0v) is 27.0. The van der Waals surface area contributed by atoms with E-state index in [0.29, 0.717) is 0 Å². The van der Waals surface area contributed by atoms with Crippen molar-refractivity contribution in [1.29, 1.82) is 5.41 Å². The van der Waals surface area contributed by atoms with Crippen molar-refractivity contribution in [2.45, 2.75) is 26.2 Å². The molecule has 1 N–H and O–H groups in total. The van der Waals surface area contributed by atoms with Gasteiger partial charge in [-0.15, -0.1) is 0 Å². The third kappa shape index (κ3) is 6.64. The third-order valence-electron chi connectivity index (χ3n) is 8.63. The van der Waals surface area contributed by atoms with Gasteiger partial charge in [-0.05, 0) is 69.8 Å². The van der Waals surface area contributed by atoms with Crippen LogP contribution in [0.3, 0.4) is 0 Å². The van der Waals surface area contributed by atoms with Gasteiger partial charge in [0.15, 0.2) is 0 Å². The van der Waals surface area contributed by atoms with Crippen molar-refractivity contribution < 1.29 is 0 Å². The molecule has 0 amide bonds. The standard InChI is InChI=1S/C45H40N2/c1-4-7-9-20-38(35-17-10-8-11-18-35)29-34-25-27-42-41-26-24-33(28-37(15-5-2)39(32-46)16-6-3)30-44(41)47(45(42)31-34)43-23-14-21-36-19-12-13-22-40(36)43/h4,6-14,16-28,30-32,46H,1,3,5,15,29H2,2H3/b9-7-,37-28+,38-20+,39-16+,46-32?. The van der Waals surface area contributed by atoms with E-state index in [1.54, 1.807) is 6.08 Å². The van der Waals surface area contributed by atoms with Crippen molar-refractivity contribution in [3.8, 4) is 5.69 Å². The van der Waals surface area contributed by atoms with Gasteiger partial charge >= 0.3 is 0 Å². The van der Waals surface area contributed by atoms with Crippen LogP contribution in [0.25, 0.3) is 49.9 Å². The second-order valence-corrected chi connectivity index (χ2v) is 11.7. The van der Waals surface area contributed by atoms with E-state index in [9.17, 15) is 0 Å². The summed E-state index contributed by atoms with van der Waals surface area (Å²) in [7, 11) is 0. The van der Waals surface area contributed by atoms with Crippen molar-refractivity contribution in [1.82, 2.24) is 4.57 Å². The maximum Gasteiger partial charge on any atom is 0.0547 e. The van der Waals surface area contributed by atoms with Crippen LogP contribution in [0, 0.1) is 5.41 Å². The van der Waals surface area contributed by atoms with Crippen molar-refractivity contribution >= 4 is 50.4 Å². The minimum Gasteiger partial charge on any atom is -0.309 e. The highest BCUT2D eigenvalue weighted by Gasteiger charge is 2.16. The Hall–Kier alpha value is -5.73. The number of hydrogen-bond donors (Lipinski definition) is 1. The van der Waals surface area contributed by atoms with Crippen LogP contribution in [0.1, 0.15) is 36.5 Å². The maximum atomic E-state index is 8.04. The average molecular weight is 609 g/mol. The largest absolute Gasteiger partial charge is 0.309 e. The van der Waals surface area contributed by atoms with Crippen LogP contribution < -0.4 is 0 Å². The molecule has 0 aliphatic heterocycles. The van der Waals surface area contributed by atoms with Crippen molar-refractivity contribution in [3.63, 3.8) is 0 Å². The summed E-state index contributed by atoms with van der Waals surface area (Å²) in [6.07, 6.45) is 18.1. The van der Waals surface area contributed by atoms with Crippen molar-refractivity contribution in [2.75, 3.05) is 0 Å². The summed E-state index contributed by atoms with van der Waals surface area (Å²) in [5.74, 6) is 0. The predicted octanol–water partition coefficient (Wildman–Crippen LogP) is 12.3. The van der Waals surface area contributed by atoms with Gasteiger partial charge in [-0.2, -0.15) is 0 Å². The van der Waals surface area contributed by atoms with Crippen LogP contribution in [-0.2, 0) is 6.42 Å². The first kappa shape index (κ1) is 31.3. The first-order chi connectivity index (χ1) is 23.1. The lowest BCUT2D eigenvalue weighted by molar-refractivity contribution is 0.926. The summed E-state index contributed by atoms with van der Waals surface area (Å²) < 4.78 is 2.44. The Bertz CT molecular complexity index is 2210. The molecule has 0 fully saturated rings. The van der Waals surface area contributed by atoms with Crippen molar-refractivity contribution in [2.24, 2.45) is 0 Å². The number of allylic oxidation sites excluding steroid dienone is 9. The molecule has 0 atom stereocenters. The highest BCUT2D eigenvalue weighted by atomic mass is 15.0. The molecule has 230 valence electrons. The van der Waals surface area contributed by atoms with E-state index in [4.69, 9.17) is 5.41 Å². The first-order valence-electron chi connectivity index (χ1n) is 16.3. The Labute approximate surface area is 278 Å². The van der Waals surface area contributed by atoms with E-state index in [-0.39, 0.29) is 0 Å². The Balaban J connectivity index is 1.59. The van der Waals surface area contributed by atoms with Crippen LogP contribution in [0.2, 0.25) is 0 Å². The summed E-state index contributed by atoms with van der Waals surface area (Å²) >= 11 is 0. The fourth-order valence-electron chi connectivity index (χ4n) is 6.47. The molecule has 0 saturated carbocycles.